The second kappa shape index (κ2) is 11.1. The number of halogens is 1. The van der Waals surface area contributed by atoms with Gasteiger partial charge in [0.05, 0.1) is 10.2 Å². The highest BCUT2D eigenvalue weighted by Crippen LogP contribution is 2.31. The second-order valence-electron chi connectivity index (χ2n) is 6.45. The Bertz CT molecular complexity index is 1060. The number of pyridine rings is 1. The molecule has 6 nitrogen and oxygen atoms in total. The molecule has 0 saturated heterocycles. The van der Waals surface area contributed by atoms with E-state index < -0.39 is 0 Å². The van der Waals surface area contributed by atoms with Gasteiger partial charge in [-0.25, -0.2) is 9.98 Å². The summed E-state index contributed by atoms with van der Waals surface area (Å²) in [6, 6.07) is 18.0. The SMILES string of the molecule is CCNC(=NCc1ccc(-c2nc3ccccc3s2)o1)NCCc1ccccn1.I. The van der Waals surface area contributed by atoms with Crippen LogP contribution in [0.2, 0.25) is 0 Å². The summed E-state index contributed by atoms with van der Waals surface area (Å²) in [6.45, 7) is 4.07. The lowest BCUT2D eigenvalue weighted by atomic mass is 10.3. The minimum atomic E-state index is 0. The number of guanidine groups is 1. The normalized spacial score (nSPS) is 11.3. The summed E-state index contributed by atoms with van der Waals surface area (Å²) < 4.78 is 7.13. The van der Waals surface area contributed by atoms with Gasteiger partial charge in [-0.2, -0.15) is 0 Å². The van der Waals surface area contributed by atoms with Gasteiger partial charge in [-0.1, -0.05) is 18.2 Å². The number of hydrogen-bond acceptors (Lipinski definition) is 5. The Morgan fingerprint density at radius 2 is 1.93 bits per heavy atom. The molecule has 0 fully saturated rings. The first-order chi connectivity index (χ1) is 14.3. The lowest BCUT2D eigenvalue weighted by Gasteiger charge is -2.10. The first kappa shape index (κ1) is 22.2. The Morgan fingerprint density at radius 3 is 2.73 bits per heavy atom. The number of nitrogens with zero attached hydrogens (tertiary/aromatic N) is 3. The number of fused-ring (bicyclic) bond motifs is 1. The molecular formula is C22H24IN5OS. The summed E-state index contributed by atoms with van der Waals surface area (Å²) in [5.41, 5.74) is 2.05. The van der Waals surface area contributed by atoms with E-state index >= 15 is 0 Å². The number of aliphatic imine (C=N–C) groups is 1. The maximum absolute atomic E-state index is 5.98. The van der Waals surface area contributed by atoms with E-state index in [0.29, 0.717) is 6.54 Å². The van der Waals surface area contributed by atoms with Crippen LogP contribution in [0.1, 0.15) is 18.4 Å². The molecule has 2 N–H and O–H groups in total. The molecular weight excluding hydrogens is 509 g/mol. The van der Waals surface area contributed by atoms with Crippen molar-refractivity contribution >= 4 is 51.5 Å². The number of para-hydroxylation sites is 1. The van der Waals surface area contributed by atoms with Gasteiger partial charge in [-0.05, 0) is 43.3 Å². The predicted octanol–water partition coefficient (Wildman–Crippen LogP) is 4.87. The molecule has 0 spiro atoms. The minimum Gasteiger partial charge on any atom is -0.457 e. The van der Waals surface area contributed by atoms with Crippen LogP contribution >= 0.6 is 35.3 Å². The third kappa shape index (κ3) is 5.79. The van der Waals surface area contributed by atoms with Crippen LogP contribution in [0.5, 0.6) is 0 Å². The van der Waals surface area contributed by atoms with Crippen LogP contribution in [-0.2, 0) is 13.0 Å². The zero-order valence-corrected chi connectivity index (χ0v) is 19.8. The van der Waals surface area contributed by atoms with Gasteiger partial charge >= 0.3 is 0 Å². The highest BCUT2D eigenvalue weighted by atomic mass is 127. The van der Waals surface area contributed by atoms with Gasteiger partial charge in [0, 0.05) is 31.4 Å². The number of hydrogen-bond donors (Lipinski definition) is 2. The molecule has 0 amide bonds. The number of furan rings is 1. The lowest BCUT2D eigenvalue weighted by Crippen LogP contribution is -2.38. The molecule has 0 radical (unpaired) electrons. The molecule has 0 aliphatic heterocycles. The first-order valence-electron chi connectivity index (χ1n) is 9.68. The fraction of sp³-hybridized carbons (Fsp3) is 0.227. The van der Waals surface area contributed by atoms with Crippen molar-refractivity contribution in [2.75, 3.05) is 13.1 Å². The molecule has 8 heteroatoms. The van der Waals surface area contributed by atoms with Gasteiger partial charge < -0.3 is 15.1 Å². The standard InChI is InChI=1S/C22H23N5OS.HI/c1-2-23-22(25-14-12-16-7-5-6-13-24-16)26-15-17-10-11-19(28-17)21-27-18-8-3-4-9-20(18)29-21;/h3-11,13H,2,12,14-15H2,1H3,(H2,23,25,26);1H. The summed E-state index contributed by atoms with van der Waals surface area (Å²) in [6.07, 6.45) is 2.66. The minimum absolute atomic E-state index is 0. The molecule has 0 unspecified atom stereocenters. The zero-order valence-electron chi connectivity index (χ0n) is 16.7. The summed E-state index contributed by atoms with van der Waals surface area (Å²) >= 11 is 1.63. The Balaban J connectivity index is 0.00000256. The predicted molar refractivity (Wildman–Crippen MR) is 133 cm³/mol. The van der Waals surface area contributed by atoms with Gasteiger partial charge in [0.25, 0.3) is 0 Å². The quantitative estimate of drug-likeness (QED) is 0.202. The van der Waals surface area contributed by atoms with E-state index in [1.54, 1.807) is 11.3 Å². The van der Waals surface area contributed by atoms with E-state index in [4.69, 9.17) is 4.42 Å². The zero-order chi connectivity index (χ0) is 19.9. The van der Waals surface area contributed by atoms with Crippen molar-refractivity contribution in [3.63, 3.8) is 0 Å². The highest BCUT2D eigenvalue weighted by Gasteiger charge is 2.10. The molecule has 0 atom stereocenters. The molecule has 0 saturated carbocycles. The van der Waals surface area contributed by atoms with Crippen molar-refractivity contribution in [3.8, 4) is 10.8 Å². The average molecular weight is 533 g/mol. The Kier molecular flexibility index (Phi) is 8.21. The summed E-state index contributed by atoms with van der Waals surface area (Å²) in [5.74, 6) is 2.35. The van der Waals surface area contributed by atoms with Crippen LogP contribution in [0.3, 0.4) is 0 Å². The molecule has 0 bridgehead atoms. The van der Waals surface area contributed by atoms with E-state index in [2.05, 4.69) is 31.7 Å². The van der Waals surface area contributed by atoms with Crippen LogP contribution in [0, 0.1) is 0 Å². The van der Waals surface area contributed by atoms with Crippen molar-refractivity contribution in [3.05, 3.63) is 72.2 Å². The van der Waals surface area contributed by atoms with Crippen LogP contribution in [0.15, 0.2) is 70.2 Å². The molecule has 3 aromatic heterocycles. The van der Waals surface area contributed by atoms with E-state index in [1.807, 2.05) is 61.7 Å². The first-order valence-corrected chi connectivity index (χ1v) is 10.5. The van der Waals surface area contributed by atoms with Gasteiger partial charge in [0.1, 0.15) is 12.3 Å². The van der Waals surface area contributed by atoms with E-state index in [1.165, 1.54) is 0 Å². The number of rotatable bonds is 7. The third-order valence-electron chi connectivity index (χ3n) is 4.30. The molecule has 0 aliphatic carbocycles. The fourth-order valence-corrected chi connectivity index (χ4v) is 3.84. The van der Waals surface area contributed by atoms with E-state index in [9.17, 15) is 0 Å². The van der Waals surface area contributed by atoms with Crippen molar-refractivity contribution in [1.82, 2.24) is 20.6 Å². The van der Waals surface area contributed by atoms with Crippen molar-refractivity contribution < 1.29 is 4.42 Å². The topological polar surface area (TPSA) is 75.3 Å². The summed E-state index contributed by atoms with van der Waals surface area (Å²) in [7, 11) is 0. The van der Waals surface area contributed by atoms with Crippen molar-refractivity contribution in [2.24, 2.45) is 4.99 Å². The molecule has 3 heterocycles. The highest BCUT2D eigenvalue weighted by molar-refractivity contribution is 14.0. The lowest BCUT2D eigenvalue weighted by molar-refractivity contribution is 0.524. The van der Waals surface area contributed by atoms with Crippen LogP contribution in [0.25, 0.3) is 21.0 Å². The van der Waals surface area contributed by atoms with Crippen molar-refractivity contribution in [1.29, 1.82) is 0 Å². The number of nitrogens with one attached hydrogen (secondary N) is 2. The number of aromatic nitrogens is 2. The maximum Gasteiger partial charge on any atom is 0.191 e. The number of thiazole rings is 1. The molecule has 4 rings (SSSR count). The number of benzene rings is 1. The molecule has 0 aliphatic rings. The summed E-state index contributed by atoms with van der Waals surface area (Å²) in [5, 5.41) is 7.50. The molecule has 156 valence electrons. The van der Waals surface area contributed by atoms with Gasteiger partial charge in [-0.3, -0.25) is 4.98 Å². The molecule has 1 aromatic carbocycles. The molecule has 30 heavy (non-hydrogen) atoms. The largest absolute Gasteiger partial charge is 0.457 e. The van der Waals surface area contributed by atoms with Crippen LogP contribution in [-0.4, -0.2) is 29.0 Å². The van der Waals surface area contributed by atoms with Crippen molar-refractivity contribution in [2.45, 2.75) is 19.9 Å². The third-order valence-corrected chi connectivity index (χ3v) is 5.35. The Labute approximate surface area is 196 Å². The maximum atomic E-state index is 5.98. The Morgan fingerprint density at radius 1 is 1.07 bits per heavy atom. The monoisotopic (exact) mass is 533 g/mol. The van der Waals surface area contributed by atoms with Gasteiger partial charge in [0.15, 0.2) is 16.7 Å². The second-order valence-corrected chi connectivity index (χ2v) is 7.48. The van der Waals surface area contributed by atoms with Gasteiger partial charge in [-0.15, -0.1) is 35.3 Å². The fourth-order valence-electron chi connectivity index (χ4n) is 2.91. The van der Waals surface area contributed by atoms with Crippen LogP contribution in [0.4, 0.5) is 0 Å². The van der Waals surface area contributed by atoms with Crippen LogP contribution < -0.4 is 10.6 Å². The smallest absolute Gasteiger partial charge is 0.191 e. The summed E-state index contributed by atoms with van der Waals surface area (Å²) in [4.78, 5) is 13.6. The molecule has 4 aromatic rings. The van der Waals surface area contributed by atoms with Gasteiger partial charge in [0.2, 0.25) is 0 Å². The average Bonchev–Trinajstić information content (AvgIpc) is 3.39. The van der Waals surface area contributed by atoms with E-state index in [0.717, 1.165) is 57.9 Å². The Hall–Kier alpha value is -2.46. The van der Waals surface area contributed by atoms with E-state index in [-0.39, 0.29) is 24.0 Å².